The first kappa shape index (κ1) is 32.9. The van der Waals surface area contributed by atoms with Gasteiger partial charge in [-0.25, -0.2) is 0 Å². The van der Waals surface area contributed by atoms with Gasteiger partial charge in [-0.15, -0.1) is 0 Å². The van der Waals surface area contributed by atoms with E-state index >= 15 is 0 Å². The van der Waals surface area contributed by atoms with Crippen molar-refractivity contribution >= 4 is 11.8 Å². The first-order valence-corrected chi connectivity index (χ1v) is 15.4. The number of hydrogen-bond donors (Lipinski definition) is 2. The molecular formula is C30H58N2O4. The van der Waals surface area contributed by atoms with Gasteiger partial charge in [0.1, 0.15) is 0 Å². The molecule has 0 aromatic heterocycles. The molecule has 6 heteroatoms. The number of unbranched alkanes of at least 4 members (excludes halogenated alkanes) is 13. The van der Waals surface area contributed by atoms with E-state index in [1.807, 2.05) is 11.8 Å². The van der Waals surface area contributed by atoms with Crippen molar-refractivity contribution in [3.05, 3.63) is 0 Å². The van der Waals surface area contributed by atoms with Crippen molar-refractivity contribution in [2.45, 2.75) is 154 Å². The molecule has 0 aromatic carbocycles. The van der Waals surface area contributed by atoms with Crippen LogP contribution in [0, 0.1) is 0 Å². The van der Waals surface area contributed by atoms with Crippen LogP contribution in [0.4, 0.5) is 0 Å². The van der Waals surface area contributed by atoms with Gasteiger partial charge in [-0.3, -0.25) is 9.59 Å². The van der Waals surface area contributed by atoms with Crippen molar-refractivity contribution in [1.29, 1.82) is 0 Å². The van der Waals surface area contributed by atoms with E-state index in [0.717, 1.165) is 51.5 Å². The molecule has 36 heavy (non-hydrogen) atoms. The maximum Gasteiger partial charge on any atom is 0.222 e. The predicted molar refractivity (Wildman–Crippen MR) is 149 cm³/mol. The Morgan fingerprint density at radius 3 is 2.03 bits per heavy atom. The summed E-state index contributed by atoms with van der Waals surface area (Å²) in [5.41, 5.74) is 0. The lowest BCUT2D eigenvalue weighted by molar-refractivity contribution is -0.133. The highest BCUT2D eigenvalue weighted by Crippen LogP contribution is 2.20. The first-order chi connectivity index (χ1) is 17.6. The SMILES string of the molecule is CCCCCCCCCCCCCCCC(=O)NC(CO)CCCCC(=O)N1CCCC1COCC. The minimum Gasteiger partial charge on any atom is -0.394 e. The molecule has 1 saturated heterocycles. The third-order valence-electron chi connectivity index (χ3n) is 7.50. The monoisotopic (exact) mass is 510 g/mol. The van der Waals surface area contributed by atoms with Crippen LogP contribution in [-0.4, -0.2) is 60.3 Å². The second-order valence-corrected chi connectivity index (χ2v) is 10.7. The molecule has 0 spiro atoms. The van der Waals surface area contributed by atoms with Gasteiger partial charge in [0.15, 0.2) is 0 Å². The Morgan fingerprint density at radius 1 is 0.861 bits per heavy atom. The molecule has 0 aliphatic carbocycles. The third kappa shape index (κ3) is 16.6. The number of carbonyl (C=O) groups excluding carboxylic acids is 2. The summed E-state index contributed by atoms with van der Waals surface area (Å²) >= 11 is 0. The summed E-state index contributed by atoms with van der Waals surface area (Å²) in [5.74, 6) is 0.258. The fourth-order valence-electron chi connectivity index (χ4n) is 5.21. The summed E-state index contributed by atoms with van der Waals surface area (Å²) in [6.07, 6.45) is 22.4. The van der Waals surface area contributed by atoms with Crippen LogP contribution in [0.5, 0.6) is 0 Å². The van der Waals surface area contributed by atoms with E-state index in [4.69, 9.17) is 4.74 Å². The molecule has 1 fully saturated rings. The largest absolute Gasteiger partial charge is 0.394 e. The van der Waals surface area contributed by atoms with Crippen molar-refractivity contribution in [1.82, 2.24) is 10.2 Å². The minimum atomic E-state index is -0.202. The summed E-state index contributed by atoms with van der Waals surface area (Å²) in [4.78, 5) is 26.8. The van der Waals surface area contributed by atoms with Crippen LogP contribution < -0.4 is 5.32 Å². The van der Waals surface area contributed by atoms with Crippen LogP contribution in [0.15, 0.2) is 0 Å². The lowest BCUT2D eigenvalue weighted by atomic mass is 10.0. The summed E-state index contributed by atoms with van der Waals surface area (Å²) in [7, 11) is 0. The van der Waals surface area contributed by atoms with Crippen LogP contribution >= 0.6 is 0 Å². The maximum atomic E-state index is 12.6. The third-order valence-corrected chi connectivity index (χ3v) is 7.50. The molecule has 1 heterocycles. The topological polar surface area (TPSA) is 78.9 Å². The van der Waals surface area contributed by atoms with Crippen LogP contribution in [0.25, 0.3) is 0 Å². The second-order valence-electron chi connectivity index (χ2n) is 10.7. The summed E-state index contributed by atoms with van der Waals surface area (Å²) in [5, 5.41) is 12.6. The van der Waals surface area contributed by atoms with E-state index in [-0.39, 0.29) is 30.5 Å². The molecule has 2 unspecified atom stereocenters. The van der Waals surface area contributed by atoms with E-state index in [1.54, 1.807) is 0 Å². The van der Waals surface area contributed by atoms with Crippen LogP contribution in [0.3, 0.4) is 0 Å². The van der Waals surface area contributed by atoms with Gasteiger partial charge in [-0.1, -0.05) is 90.4 Å². The maximum absolute atomic E-state index is 12.6. The van der Waals surface area contributed by atoms with E-state index in [2.05, 4.69) is 12.2 Å². The average molecular weight is 511 g/mol. The Kier molecular flexibility index (Phi) is 21.0. The summed E-state index contributed by atoms with van der Waals surface area (Å²) in [6, 6.07) is 0.0269. The minimum absolute atomic E-state index is 0.0408. The highest BCUT2D eigenvalue weighted by Gasteiger charge is 2.28. The molecule has 1 rings (SSSR count). The Hall–Kier alpha value is -1.14. The lowest BCUT2D eigenvalue weighted by Gasteiger charge is -2.24. The number of nitrogens with one attached hydrogen (secondary N) is 1. The molecule has 212 valence electrons. The van der Waals surface area contributed by atoms with Crippen LogP contribution in [0.1, 0.15) is 142 Å². The molecule has 2 N–H and O–H groups in total. The molecular weight excluding hydrogens is 452 g/mol. The fourth-order valence-corrected chi connectivity index (χ4v) is 5.21. The van der Waals surface area contributed by atoms with Gasteiger partial charge in [0, 0.05) is 26.0 Å². The van der Waals surface area contributed by atoms with Gasteiger partial charge in [-0.05, 0) is 39.0 Å². The van der Waals surface area contributed by atoms with E-state index in [0.29, 0.717) is 26.1 Å². The van der Waals surface area contributed by atoms with Gasteiger partial charge < -0.3 is 20.1 Å². The molecule has 1 aliphatic heterocycles. The normalized spacial score (nSPS) is 16.4. The molecule has 0 aromatic rings. The number of aliphatic hydroxyl groups excluding tert-OH is 1. The highest BCUT2D eigenvalue weighted by molar-refractivity contribution is 5.77. The second kappa shape index (κ2) is 23.0. The van der Waals surface area contributed by atoms with E-state index in [9.17, 15) is 14.7 Å². The number of likely N-dealkylation sites (tertiary alicyclic amines) is 1. The van der Waals surface area contributed by atoms with Gasteiger partial charge in [0.05, 0.1) is 25.3 Å². The molecule has 0 bridgehead atoms. The molecule has 0 saturated carbocycles. The van der Waals surface area contributed by atoms with Crippen molar-refractivity contribution in [2.75, 3.05) is 26.4 Å². The van der Waals surface area contributed by atoms with Gasteiger partial charge in [0.2, 0.25) is 11.8 Å². The molecule has 6 nitrogen and oxygen atoms in total. The standard InChI is InChI=1S/C30H58N2O4/c1-3-5-6-7-8-9-10-11-12-13-14-15-16-22-29(34)31-27(25-33)20-17-18-23-30(35)32-24-19-21-28(32)26-36-4-2/h27-28,33H,3-26H2,1-2H3,(H,31,34). The van der Waals surface area contributed by atoms with Crippen molar-refractivity contribution in [2.24, 2.45) is 0 Å². The first-order valence-electron chi connectivity index (χ1n) is 15.4. The number of carbonyl (C=O) groups is 2. The number of aliphatic hydroxyl groups is 1. The van der Waals surface area contributed by atoms with Gasteiger partial charge in [-0.2, -0.15) is 0 Å². The zero-order valence-corrected chi connectivity index (χ0v) is 23.7. The van der Waals surface area contributed by atoms with E-state index < -0.39 is 0 Å². The van der Waals surface area contributed by atoms with E-state index in [1.165, 1.54) is 70.6 Å². The quantitative estimate of drug-likeness (QED) is 0.145. The van der Waals surface area contributed by atoms with Crippen molar-refractivity contribution < 1.29 is 19.4 Å². The van der Waals surface area contributed by atoms with Crippen LogP contribution in [0.2, 0.25) is 0 Å². The number of hydrogen-bond acceptors (Lipinski definition) is 4. The predicted octanol–water partition coefficient (Wildman–Crippen LogP) is 6.53. The Labute approximate surface area is 222 Å². The van der Waals surface area contributed by atoms with Crippen molar-refractivity contribution in [3.8, 4) is 0 Å². The lowest BCUT2D eigenvalue weighted by Crippen LogP contribution is -2.38. The Bertz CT molecular complexity index is 543. The summed E-state index contributed by atoms with van der Waals surface area (Å²) < 4.78 is 5.52. The van der Waals surface area contributed by atoms with Crippen LogP contribution in [-0.2, 0) is 14.3 Å². The number of nitrogens with zero attached hydrogens (tertiary/aromatic N) is 1. The molecule has 1 aliphatic rings. The smallest absolute Gasteiger partial charge is 0.222 e. The molecule has 2 amide bonds. The zero-order chi connectivity index (χ0) is 26.3. The highest BCUT2D eigenvalue weighted by atomic mass is 16.5. The van der Waals surface area contributed by atoms with Gasteiger partial charge >= 0.3 is 0 Å². The average Bonchev–Trinajstić information content (AvgIpc) is 3.36. The number of rotatable bonds is 24. The Balaban J connectivity index is 1.99. The summed E-state index contributed by atoms with van der Waals surface area (Å²) in [6.45, 7) is 6.37. The number of amides is 2. The fraction of sp³-hybridized carbons (Fsp3) is 0.933. The number of ether oxygens (including phenoxy) is 1. The Morgan fingerprint density at radius 2 is 1.44 bits per heavy atom. The zero-order valence-electron chi connectivity index (χ0n) is 23.7. The molecule has 2 atom stereocenters. The van der Waals surface area contributed by atoms with Gasteiger partial charge in [0.25, 0.3) is 0 Å². The van der Waals surface area contributed by atoms with Crippen molar-refractivity contribution in [3.63, 3.8) is 0 Å². The molecule has 0 radical (unpaired) electrons.